The maximum Gasteiger partial charge on any atom is 0.295 e. The van der Waals surface area contributed by atoms with Gasteiger partial charge in [-0.3, -0.25) is 9.11 Å². The van der Waals surface area contributed by atoms with Crippen molar-refractivity contribution in [1.29, 1.82) is 0 Å². The van der Waals surface area contributed by atoms with E-state index in [2.05, 4.69) is 0 Å². The molecule has 0 aliphatic carbocycles. The molecular formula is C40H26O6S2. The van der Waals surface area contributed by atoms with Crippen LogP contribution in [0.25, 0.3) is 76.5 Å². The summed E-state index contributed by atoms with van der Waals surface area (Å²) >= 11 is 0. The molecule has 48 heavy (non-hydrogen) atoms. The Bertz CT molecular complexity index is 2650. The smallest absolute Gasteiger partial charge is 0.282 e. The van der Waals surface area contributed by atoms with E-state index in [1.54, 1.807) is 72.8 Å². The van der Waals surface area contributed by atoms with Crippen LogP contribution >= 0.6 is 0 Å². The van der Waals surface area contributed by atoms with Gasteiger partial charge in [-0.2, -0.15) is 16.8 Å². The maximum atomic E-state index is 13.7. The Balaban J connectivity index is 1.60. The van der Waals surface area contributed by atoms with Crippen LogP contribution < -0.4 is 0 Å². The van der Waals surface area contributed by atoms with E-state index < -0.39 is 30.0 Å². The molecule has 0 saturated carbocycles. The van der Waals surface area contributed by atoms with Gasteiger partial charge >= 0.3 is 0 Å². The molecule has 0 radical (unpaired) electrons. The van der Waals surface area contributed by atoms with Gasteiger partial charge in [-0.25, -0.2) is 0 Å². The maximum absolute atomic E-state index is 13.7. The molecule has 0 aliphatic rings. The van der Waals surface area contributed by atoms with Gasteiger partial charge in [0.15, 0.2) is 0 Å². The summed E-state index contributed by atoms with van der Waals surface area (Å²) in [6.45, 7) is 0. The van der Waals surface area contributed by atoms with E-state index in [-0.39, 0.29) is 22.3 Å². The fourth-order valence-corrected chi connectivity index (χ4v) is 8.68. The summed E-state index contributed by atoms with van der Waals surface area (Å²) in [6.07, 6.45) is 0. The SMILES string of the molecule is O=S(=O)(O)c1c(-c2ccc3ccccc3c2)cc2ccccc2c1-c1c(S(=O)(=O)O)c(-c2ccc3ccccc3c2)cc2ccccc12. The van der Waals surface area contributed by atoms with Gasteiger partial charge < -0.3 is 0 Å². The quantitative estimate of drug-likeness (QED) is 0.177. The molecule has 0 heterocycles. The minimum atomic E-state index is -5.02. The van der Waals surface area contributed by atoms with Gasteiger partial charge in [0, 0.05) is 22.3 Å². The standard InChI is InChI=1S/C40H26O6S2/c41-47(42,43)39-35(31-19-17-25-9-1-3-11-27(25)21-31)23-29-13-5-7-15-33(29)37(39)38-34-16-8-6-14-30(34)24-36(40(38)48(44,45)46)32-20-18-26-10-2-4-12-28(26)22-32/h1-24H,(H,41,42,43)(H,44,45,46). The molecule has 0 bridgehead atoms. The lowest BCUT2D eigenvalue weighted by molar-refractivity contribution is 0.480. The lowest BCUT2D eigenvalue weighted by Gasteiger charge is -2.22. The third-order valence-electron chi connectivity index (χ3n) is 8.89. The second-order valence-corrected chi connectivity index (χ2v) is 14.5. The fourth-order valence-electron chi connectivity index (χ4n) is 6.83. The molecule has 0 spiro atoms. The molecule has 0 atom stereocenters. The largest absolute Gasteiger partial charge is 0.295 e. The molecule has 0 aliphatic heterocycles. The summed E-state index contributed by atoms with van der Waals surface area (Å²) < 4.78 is 76.8. The van der Waals surface area contributed by atoms with Gasteiger partial charge in [-0.15, -0.1) is 0 Å². The van der Waals surface area contributed by atoms with Crippen molar-refractivity contribution >= 4 is 63.3 Å². The van der Waals surface area contributed by atoms with E-state index in [1.807, 2.05) is 72.8 Å². The molecule has 0 aromatic heterocycles. The van der Waals surface area contributed by atoms with Gasteiger partial charge in [-0.05, 0) is 78.5 Å². The van der Waals surface area contributed by atoms with E-state index in [0.717, 1.165) is 21.5 Å². The normalized spacial score (nSPS) is 12.3. The third kappa shape index (κ3) is 5.03. The van der Waals surface area contributed by atoms with Crippen molar-refractivity contribution in [2.45, 2.75) is 9.79 Å². The Labute approximate surface area is 277 Å². The van der Waals surface area contributed by atoms with E-state index >= 15 is 0 Å². The molecule has 0 amide bonds. The molecule has 8 aromatic rings. The van der Waals surface area contributed by atoms with Crippen LogP contribution in [-0.2, 0) is 20.2 Å². The van der Waals surface area contributed by atoms with E-state index in [9.17, 15) is 25.9 Å². The van der Waals surface area contributed by atoms with Gasteiger partial charge in [0.2, 0.25) is 0 Å². The Hall–Kier alpha value is -5.38. The van der Waals surface area contributed by atoms with Crippen LogP contribution in [0, 0.1) is 0 Å². The first-order chi connectivity index (χ1) is 23.1. The number of benzene rings is 8. The first-order valence-corrected chi connectivity index (χ1v) is 18.0. The average molecular weight is 667 g/mol. The van der Waals surface area contributed by atoms with Gasteiger partial charge in [0.1, 0.15) is 9.79 Å². The number of rotatable bonds is 5. The highest BCUT2D eigenvalue weighted by Gasteiger charge is 2.32. The zero-order valence-electron chi connectivity index (χ0n) is 25.2. The monoisotopic (exact) mass is 666 g/mol. The summed E-state index contributed by atoms with van der Waals surface area (Å²) in [6, 6.07) is 43.6. The Morgan fingerprint density at radius 3 is 1.06 bits per heavy atom. The molecule has 8 heteroatoms. The summed E-state index contributed by atoms with van der Waals surface area (Å²) in [5, 5.41) is 5.60. The van der Waals surface area contributed by atoms with Crippen LogP contribution in [0.4, 0.5) is 0 Å². The summed E-state index contributed by atoms with van der Waals surface area (Å²) in [5.74, 6) is 0. The predicted molar refractivity (Wildman–Crippen MR) is 192 cm³/mol. The van der Waals surface area contributed by atoms with Crippen molar-refractivity contribution in [3.63, 3.8) is 0 Å². The number of hydrogen-bond donors (Lipinski definition) is 2. The Morgan fingerprint density at radius 2 is 0.688 bits per heavy atom. The van der Waals surface area contributed by atoms with Crippen molar-refractivity contribution in [3.05, 3.63) is 146 Å². The topological polar surface area (TPSA) is 109 Å². The molecule has 0 fully saturated rings. The molecule has 8 rings (SSSR count). The first kappa shape index (κ1) is 30.0. The summed E-state index contributed by atoms with van der Waals surface area (Å²) in [4.78, 5) is -0.913. The zero-order chi connectivity index (χ0) is 33.2. The predicted octanol–water partition coefficient (Wildman–Crippen LogP) is 9.79. The Kier molecular flexibility index (Phi) is 6.94. The molecular weight excluding hydrogens is 641 g/mol. The number of hydrogen-bond acceptors (Lipinski definition) is 4. The van der Waals surface area contributed by atoms with Crippen molar-refractivity contribution in [3.8, 4) is 33.4 Å². The lowest BCUT2D eigenvalue weighted by Crippen LogP contribution is -2.09. The highest BCUT2D eigenvalue weighted by molar-refractivity contribution is 7.86. The molecule has 2 N–H and O–H groups in total. The fraction of sp³-hybridized carbons (Fsp3) is 0. The van der Waals surface area contributed by atoms with E-state index in [4.69, 9.17) is 0 Å². The van der Waals surface area contributed by atoms with Crippen LogP contribution in [0.1, 0.15) is 0 Å². The average Bonchev–Trinajstić information content (AvgIpc) is 3.08. The lowest BCUT2D eigenvalue weighted by atomic mass is 9.87. The highest BCUT2D eigenvalue weighted by atomic mass is 32.2. The van der Waals surface area contributed by atoms with Gasteiger partial charge in [0.05, 0.1) is 0 Å². The van der Waals surface area contributed by atoms with Crippen molar-refractivity contribution in [2.75, 3.05) is 0 Å². The van der Waals surface area contributed by atoms with Crippen LogP contribution in [0.3, 0.4) is 0 Å². The van der Waals surface area contributed by atoms with Crippen LogP contribution in [-0.4, -0.2) is 25.9 Å². The first-order valence-electron chi connectivity index (χ1n) is 15.1. The highest BCUT2D eigenvalue weighted by Crippen LogP contribution is 2.49. The van der Waals surface area contributed by atoms with Crippen molar-refractivity contribution in [1.82, 2.24) is 0 Å². The van der Waals surface area contributed by atoms with Crippen LogP contribution in [0.5, 0.6) is 0 Å². The molecule has 6 nitrogen and oxygen atoms in total. The molecule has 0 unspecified atom stereocenters. The van der Waals surface area contributed by atoms with Crippen molar-refractivity contribution in [2.24, 2.45) is 0 Å². The molecule has 234 valence electrons. The molecule has 0 saturated heterocycles. The van der Waals surface area contributed by atoms with Crippen LogP contribution in [0.2, 0.25) is 0 Å². The second kappa shape index (κ2) is 11.1. The summed E-state index contributed by atoms with van der Waals surface area (Å²) in [5.41, 5.74) is 1.36. The van der Waals surface area contributed by atoms with E-state index in [1.165, 1.54) is 0 Å². The summed E-state index contributed by atoms with van der Waals surface area (Å²) in [7, 11) is -10.0. The van der Waals surface area contributed by atoms with Gasteiger partial charge in [0.25, 0.3) is 20.2 Å². The van der Waals surface area contributed by atoms with Gasteiger partial charge in [-0.1, -0.05) is 121 Å². The zero-order valence-corrected chi connectivity index (χ0v) is 26.8. The second-order valence-electron chi connectivity index (χ2n) is 11.8. The number of fused-ring (bicyclic) bond motifs is 4. The van der Waals surface area contributed by atoms with Crippen molar-refractivity contribution < 1.29 is 25.9 Å². The third-order valence-corrected chi connectivity index (χ3v) is 10.8. The Morgan fingerprint density at radius 1 is 0.354 bits per heavy atom. The van der Waals surface area contributed by atoms with Crippen LogP contribution in [0.15, 0.2) is 155 Å². The molecule has 8 aromatic carbocycles. The minimum Gasteiger partial charge on any atom is -0.282 e. The van der Waals surface area contributed by atoms with E-state index in [0.29, 0.717) is 32.7 Å². The minimum absolute atomic E-state index is 0.0229.